The molecule has 2 N–H and O–H groups in total. The number of rotatable bonds is 6. The van der Waals surface area contributed by atoms with Crippen LogP contribution in [0.5, 0.6) is 5.75 Å². The van der Waals surface area contributed by atoms with Crippen LogP contribution in [0.25, 0.3) is 0 Å². The van der Waals surface area contributed by atoms with Crippen LogP contribution in [0.2, 0.25) is 0 Å². The first-order chi connectivity index (χ1) is 11.8. The Morgan fingerprint density at radius 2 is 2.12 bits per heavy atom. The van der Waals surface area contributed by atoms with E-state index in [2.05, 4.69) is 15.5 Å². The van der Waals surface area contributed by atoms with Gasteiger partial charge in [-0.05, 0) is 62.4 Å². The lowest BCUT2D eigenvalue weighted by atomic mass is 10.2. The van der Waals surface area contributed by atoms with Crippen molar-refractivity contribution in [3.05, 3.63) is 48.4 Å². The molecule has 1 atom stereocenters. The first-order valence-electron chi connectivity index (χ1n) is 8.22. The predicted molar refractivity (Wildman–Crippen MR) is 99.5 cm³/mol. The van der Waals surface area contributed by atoms with Crippen LogP contribution in [0, 0.1) is 0 Å². The second kappa shape index (κ2) is 8.17. The molecule has 3 rings (SSSR count). The Kier molecular flexibility index (Phi) is 5.72. The molecule has 1 aliphatic rings. The van der Waals surface area contributed by atoms with Crippen LogP contribution in [-0.4, -0.2) is 36.8 Å². The van der Waals surface area contributed by atoms with E-state index in [0.29, 0.717) is 11.7 Å². The monoisotopic (exact) mass is 345 g/mol. The number of thiocarbonyl (C=S) groups is 1. The normalized spacial score (nSPS) is 15.9. The molecule has 6 heteroatoms. The Bertz CT molecular complexity index is 654. The maximum Gasteiger partial charge on any atom is 0.170 e. The number of likely N-dealkylation sites (tertiary alicyclic amines) is 1. The van der Waals surface area contributed by atoms with Crippen LogP contribution in [0.3, 0.4) is 0 Å². The Morgan fingerprint density at radius 3 is 2.83 bits per heavy atom. The summed E-state index contributed by atoms with van der Waals surface area (Å²) < 4.78 is 10.9. The molecule has 1 aromatic carbocycles. The molecule has 1 aliphatic heterocycles. The summed E-state index contributed by atoms with van der Waals surface area (Å²) in [5, 5.41) is 7.11. The largest absolute Gasteiger partial charge is 0.497 e. The number of anilines is 1. The van der Waals surface area contributed by atoms with E-state index in [0.717, 1.165) is 30.3 Å². The number of methoxy groups -OCH3 is 1. The lowest BCUT2D eigenvalue weighted by molar-refractivity contribution is 0.216. The van der Waals surface area contributed by atoms with Gasteiger partial charge in [0.15, 0.2) is 5.11 Å². The van der Waals surface area contributed by atoms with Crippen LogP contribution in [0.4, 0.5) is 5.69 Å². The lowest BCUT2D eigenvalue weighted by Gasteiger charge is -2.26. The molecule has 2 heterocycles. The molecule has 0 saturated carbocycles. The van der Waals surface area contributed by atoms with E-state index in [4.69, 9.17) is 21.4 Å². The molecule has 1 fully saturated rings. The van der Waals surface area contributed by atoms with Gasteiger partial charge in [0.1, 0.15) is 11.5 Å². The average molecular weight is 345 g/mol. The molecule has 5 nitrogen and oxygen atoms in total. The van der Waals surface area contributed by atoms with E-state index in [1.807, 2.05) is 36.4 Å². The van der Waals surface area contributed by atoms with Gasteiger partial charge in [0.25, 0.3) is 0 Å². The van der Waals surface area contributed by atoms with Crippen LogP contribution in [-0.2, 0) is 0 Å². The molecule has 0 radical (unpaired) electrons. The van der Waals surface area contributed by atoms with Crippen LogP contribution >= 0.6 is 12.2 Å². The number of hydrogen-bond donors (Lipinski definition) is 2. The van der Waals surface area contributed by atoms with E-state index < -0.39 is 0 Å². The van der Waals surface area contributed by atoms with E-state index >= 15 is 0 Å². The number of benzene rings is 1. The maximum absolute atomic E-state index is 5.63. The fraction of sp³-hybridized carbons (Fsp3) is 0.389. The van der Waals surface area contributed by atoms with Crippen LogP contribution in [0.1, 0.15) is 24.6 Å². The quantitative estimate of drug-likeness (QED) is 0.783. The Labute approximate surface area is 148 Å². The minimum atomic E-state index is 0.201. The van der Waals surface area contributed by atoms with Gasteiger partial charge < -0.3 is 19.8 Å². The van der Waals surface area contributed by atoms with Crippen molar-refractivity contribution in [1.29, 1.82) is 0 Å². The number of furan rings is 1. The SMILES string of the molecule is COc1cccc(NC(=S)NC[C@@H](c2ccco2)N2CCCC2)c1. The highest BCUT2D eigenvalue weighted by molar-refractivity contribution is 7.80. The second-order valence-corrected chi connectivity index (χ2v) is 6.25. The van der Waals surface area contributed by atoms with Crippen molar-refractivity contribution in [3.8, 4) is 5.75 Å². The standard InChI is InChI=1S/C18H23N3O2S/c1-22-15-7-4-6-14(12-15)20-18(24)19-13-16(17-8-5-11-23-17)21-9-2-3-10-21/h4-8,11-12,16H,2-3,9-10,13H2,1H3,(H2,19,20,24)/t16-/m0/s1. The molecule has 0 aliphatic carbocycles. The zero-order valence-corrected chi connectivity index (χ0v) is 14.6. The summed E-state index contributed by atoms with van der Waals surface area (Å²) in [5.41, 5.74) is 0.905. The molecule has 1 saturated heterocycles. The maximum atomic E-state index is 5.63. The van der Waals surface area contributed by atoms with Gasteiger partial charge in [0.05, 0.1) is 19.4 Å². The van der Waals surface area contributed by atoms with Gasteiger partial charge in [0, 0.05) is 18.3 Å². The minimum absolute atomic E-state index is 0.201. The average Bonchev–Trinajstić information content (AvgIpc) is 3.29. The summed E-state index contributed by atoms with van der Waals surface area (Å²) >= 11 is 5.43. The third-order valence-corrected chi connectivity index (χ3v) is 4.48. The van der Waals surface area contributed by atoms with Gasteiger partial charge in [-0.1, -0.05) is 6.07 Å². The molecule has 2 aromatic rings. The van der Waals surface area contributed by atoms with Crippen molar-refractivity contribution in [3.63, 3.8) is 0 Å². The van der Waals surface area contributed by atoms with Crippen LogP contribution in [0.15, 0.2) is 47.1 Å². The van der Waals surface area contributed by atoms with Crippen molar-refractivity contribution >= 4 is 23.0 Å². The Morgan fingerprint density at radius 1 is 1.29 bits per heavy atom. The third-order valence-electron chi connectivity index (χ3n) is 4.24. The molecule has 0 amide bonds. The molecule has 24 heavy (non-hydrogen) atoms. The lowest BCUT2D eigenvalue weighted by Crippen LogP contribution is -2.38. The zero-order valence-electron chi connectivity index (χ0n) is 13.8. The summed E-state index contributed by atoms with van der Waals surface area (Å²) in [6.45, 7) is 2.91. The van der Waals surface area contributed by atoms with Crippen molar-refractivity contribution in [2.45, 2.75) is 18.9 Å². The smallest absolute Gasteiger partial charge is 0.170 e. The molecule has 0 spiro atoms. The predicted octanol–water partition coefficient (Wildman–Crippen LogP) is 3.41. The number of nitrogens with zero attached hydrogens (tertiary/aromatic N) is 1. The highest BCUT2D eigenvalue weighted by Gasteiger charge is 2.25. The molecular formula is C18H23N3O2S. The van der Waals surface area contributed by atoms with Crippen molar-refractivity contribution < 1.29 is 9.15 Å². The molecule has 128 valence electrons. The Balaban J connectivity index is 1.58. The van der Waals surface area contributed by atoms with E-state index in [9.17, 15) is 0 Å². The molecule has 1 aromatic heterocycles. The first-order valence-corrected chi connectivity index (χ1v) is 8.63. The fourth-order valence-corrected chi connectivity index (χ4v) is 3.21. The fourth-order valence-electron chi connectivity index (χ4n) is 3.01. The van der Waals surface area contributed by atoms with Crippen molar-refractivity contribution in [2.75, 3.05) is 32.1 Å². The molecule has 0 unspecified atom stereocenters. The van der Waals surface area contributed by atoms with Crippen molar-refractivity contribution in [1.82, 2.24) is 10.2 Å². The minimum Gasteiger partial charge on any atom is -0.497 e. The van der Waals surface area contributed by atoms with Gasteiger partial charge in [0.2, 0.25) is 0 Å². The topological polar surface area (TPSA) is 49.7 Å². The first kappa shape index (κ1) is 16.8. The summed E-state index contributed by atoms with van der Waals surface area (Å²) in [4.78, 5) is 2.44. The van der Waals surface area contributed by atoms with Gasteiger partial charge in [-0.25, -0.2) is 0 Å². The van der Waals surface area contributed by atoms with E-state index in [-0.39, 0.29) is 6.04 Å². The summed E-state index contributed by atoms with van der Waals surface area (Å²) in [5.74, 6) is 1.78. The summed E-state index contributed by atoms with van der Waals surface area (Å²) in [6.07, 6.45) is 4.21. The van der Waals surface area contributed by atoms with Crippen molar-refractivity contribution in [2.24, 2.45) is 0 Å². The number of nitrogens with one attached hydrogen (secondary N) is 2. The van der Waals surface area contributed by atoms with E-state index in [1.165, 1.54) is 12.8 Å². The number of ether oxygens (including phenoxy) is 1. The molecule has 0 bridgehead atoms. The summed E-state index contributed by atoms with van der Waals surface area (Å²) in [7, 11) is 1.65. The molecular weight excluding hydrogens is 322 g/mol. The van der Waals surface area contributed by atoms with E-state index in [1.54, 1.807) is 13.4 Å². The third kappa shape index (κ3) is 4.27. The highest BCUT2D eigenvalue weighted by Crippen LogP contribution is 2.25. The highest BCUT2D eigenvalue weighted by atomic mass is 32.1. The van der Waals surface area contributed by atoms with Gasteiger partial charge >= 0.3 is 0 Å². The van der Waals surface area contributed by atoms with Gasteiger partial charge in [-0.15, -0.1) is 0 Å². The number of hydrogen-bond acceptors (Lipinski definition) is 4. The van der Waals surface area contributed by atoms with Gasteiger partial charge in [-0.2, -0.15) is 0 Å². The Hall–Kier alpha value is -2.05. The second-order valence-electron chi connectivity index (χ2n) is 5.84. The summed E-state index contributed by atoms with van der Waals surface area (Å²) in [6, 6.07) is 11.9. The van der Waals surface area contributed by atoms with Crippen LogP contribution < -0.4 is 15.4 Å². The van der Waals surface area contributed by atoms with Gasteiger partial charge in [-0.3, -0.25) is 4.90 Å². The zero-order chi connectivity index (χ0) is 16.8.